The summed E-state index contributed by atoms with van der Waals surface area (Å²) in [5.41, 5.74) is 1.04. The Labute approximate surface area is 159 Å². The fourth-order valence-corrected chi connectivity index (χ4v) is 2.37. The zero-order valence-corrected chi connectivity index (χ0v) is 16.0. The van der Waals surface area contributed by atoms with Crippen LogP contribution in [0.25, 0.3) is 0 Å². The van der Waals surface area contributed by atoms with Crippen LogP contribution in [0, 0.1) is 0 Å². The lowest BCUT2D eigenvalue weighted by Crippen LogP contribution is -2.28. The van der Waals surface area contributed by atoms with Crippen LogP contribution in [-0.4, -0.2) is 55.5 Å². The molecule has 0 bridgehead atoms. The van der Waals surface area contributed by atoms with Crippen LogP contribution in [0.15, 0.2) is 42.5 Å². The highest BCUT2D eigenvalue weighted by Crippen LogP contribution is 2.16. The number of anilines is 1. The summed E-state index contributed by atoms with van der Waals surface area (Å²) in [4.78, 5) is 30.8. The lowest BCUT2D eigenvalue weighted by molar-refractivity contribution is 0.0947. The number of pyridine rings is 1. The van der Waals surface area contributed by atoms with E-state index in [1.54, 1.807) is 42.5 Å². The molecular formula is C20H26N4O3. The van der Waals surface area contributed by atoms with Crippen molar-refractivity contribution in [3.63, 3.8) is 0 Å². The normalized spacial score (nSPS) is 10.5. The lowest BCUT2D eigenvalue weighted by atomic mass is 10.2. The van der Waals surface area contributed by atoms with E-state index < -0.39 is 0 Å². The molecule has 7 heteroatoms. The molecular weight excluding hydrogens is 344 g/mol. The number of benzene rings is 1. The van der Waals surface area contributed by atoms with Gasteiger partial charge < -0.3 is 20.3 Å². The minimum absolute atomic E-state index is 0.185. The summed E-state index contributed by atoms with van der Waals surface area (Å²) >= 11 is 0. The Morgan fingerprint density at radius 1 is 1.04 bits per heavy atom. The number of hydrogen-bond donors (Lipinski definition) is 2. The third-order valence-electron chi connectivity index (χ3n) is 3.71. The Balaban J connectivity index is 1.95. The maximum Gasteiger partial charge on any atom is 0.274 e. The van der Waals surface area contributed by atoms with E-state index in [0.29, 0.717) is 18.8 Å². The average molecular weight is 370 g/mol. The summed E-state index contributed by atoms with van der Waals surface area (Å²) in [7, 11) is 3.96. The minimum Gasteiger partial charge on any atom is -0.494 e. The summed E-state index contributed by atoms with van der Waals surface area (Å²) in [6.07, 6.45) is 0.844. The zero-order valence-electron chi connectivity index (χ0n) is 16.0. The summed E-state index contributed by atoms with van der Waals surface area (Å²) in [5.74, 6) is 0.0763. The van der Waals surface area contributed by atoms with Crippen LogP contribution in [0.1, 0.15) is 34.3 Å². The van der Waals surface area contributed by atoms with E-state index in [-0.39, 0.29) is 23.2 Å². The standard InChI is InChI=1S/C20H26N4O3/c1-4-27-16-11-9-15(10-12-16)22-20(26)18-8-5-7-17(23-18)19(25)21-13-6-14-24(2)3/h5,7-12H,4,6,13-14H2,1-3H3,(H,21,25)(H,22,26). The van der Waals surface area contributed by atoms with Gasteiger partial charge >= 0.3 is 0 Å². The van der Waals surface area contributed by atoms with Gasteiger partial charge in [-0.15, -0.1) is 0 Å². The fraction of sp³-hybridized carbons (Fsp3) is 0.350. The number of hydrogen-bond acceptors (Lipinski definition) is 5. The van der Waals surface area contributed by atoms with Crippen LogP contribution in [0.2, 0.25) is 0 Å². The summed E-state index contributed by atoms with van der Waals surface area (Å²) in [6.45, 7) is 3.94. The molecule has 27 heavy (non-hydrogen) atoms. The molecule has 0 aliphatic heterocycles. The van der Waals surface area contributed by atoms with E-state index in [9.17, 15) is 9.59 Å². The van der Waals surface area contributed by atoms with Gasteiger partial charge in [0.15, 0.2) is 0 Å². The topological polar surface area (TPSA) is 83.6 Å². The first-order valence-electron chi connectivity index (χ1n) is 8.93. The van der Waals surface area contributed by atoms with Crippen molar-refractivity contribution in [2.24, 2.45) is 0 Å². The number of aromatic nitrogens is 1. The molecule has 7 nitrogen and oxygen atoms in total. The molecule has 0 atom stereocenters. The molecule has 2 aromatic rings. The van der Waals surface area contributed by atoms with E-state index in [1.165, 1.54) is 0 Å². The molecule has 0 saturated heterocycles. The van der Waals surface area contributed by atoms with Gasteiger partial charge in [0.2, 0.25) is 0 Å². The Morgan fingerprint density at radius 2 is 1.70 bits per heavy atom. The maximum absolute atomic E-state index is 12.4. The van der Waals surface area contributed by atoms with Gasteiger partial charge in [0.25, 0.3) is 11.8 Å². The van der Waals surface area contributed by atoms with Crippen molar-refractivity contribution < 1.29 is 14.3 Å². The maximum atomic E-state index is 12.4. The molecule has 0 saturated carbocycles. The number of carbonyl (C=O) groups excluding carboxylic acids is 2. The molecule has 1 heterocycles. The molecule has 2 N–H and O–H groups in total. The third kappa shape index (κ3) is 6.71. The highest BCUT2D eigenvalue weighted by Gasteiger charge is 2.12. The molecule has 0 aliphatic rings. The average Bonchev–Trinajstić information content (AvgIpc) is 2.66. The molecule has 0 radical (unpaired) electrons. The predicted octanol–water partition coefficient (Wildman–Crippen LogP) is 2.41. The number of rotatable bonds is 9. The second-order valence-corrected chi connectivity index (χ2v) is 6.23. The van der Waals surface area contributed by atoms with Crippen LogP contribution in [-0.2, 0) is 0 Å². The Morgan fingerprint density at radius 3 is 2.33 bits per heavy atom. The van der Waals surface area contributed by atoms with Gasteiger partial charge in [0.1, 0.15) is 17.1 Å². The fourth-order valence-electron chi connectivity index (χ4n) is 2.37. The molecule has 1 aromatic carbocycles. The van der Waals surface area contributed by atoms with E-state index in [0.717, 1.165) is 18.7 Å². The second-order valence-electron chi connectivity index (χ2n) is 6.23. The van der Waals surface area contributed by atoms with E-state index >= 15 is 0 Å². The van der Waals surface area contributed by atoms with Crippen molar-refractivity contribution in [3.8, 4) is 5.75 Å². The van der Waals surface area contributed by atoms with Crippen LogP contribution in [0.5, 0.6) is 5.75 Å². The number of carbonyl (C=O) groups is 2. The first-order valence-corrected chi connectivity index (χ1v) is 8.93. The van der Waals surface area contributed by atoms with Gasteiger partial charge in [-0.1, -0.05) is 6.07 Å². The zero-order chi connectivity index (χ0) is 19.6. The molecule has 144 valence electrons. The van der Waals surface area contributed by atoms with Gasteiger partial charge in [-0.05, 0) is 70.4 Å². The lowest BCUT2D eigenvalue weighted by Gasteiger charge is -2.10. The molecule has 0 fully saturated rings. The first kappa shape index (κ1) is 20.4. The Hall–Kier alpha value is -2.93. The van der Waals surface area contributed by atoms with Crippen molar-refractivity contribution in [2.45, 2.75) is 13.3 Å². The van der Waals surface area contributed by atoms with Crippen LogP contribution in [0.3, 0.4) is 0 Å². The highest BCUT2D eigenvalue weighted by atomic mass is 16.5. The predicted molar refractivity (Wildman–Crippen MR) is 105 cm³/mol. The molecule has 0 unspecified atom stereocenters. The van der Waals surface area contributed by atoms with E-state index in [1.807, 2.05) is 21.0 Å². The van der Waals surface area contributed by atoms with E-state index in [2.05, 4.69) is 20.5 Å². The van der Waals surface area contributed by atoms with Crippen LogP contribution < -0.4 is 15.4 Å². The molecule has 2 amide bonds. The smallest absolute Gasteiger partial charge is 0.274 e. The largest absolute Gasteiger partial charge is 0.494 e. The highest BCUT2D eigenvalue weighted by molar-refractivity contribution is 6.03. The van der Waals surface area contributed by atoms with Gasteiger partial charge in [-0.2, -0.15) is 0 Å². The number of nitrogens with zero attached hydrogens (tertiary/aromatic N) is 2. The molecule has 2 rings (SSSR count). The first-order chi connectivity index (χ1) is 13.0. The third-order valence-corrected chi connectivity index (χ3v) is 3.71. The molecule has 0 spiro atoms. The van der Waals surface area contributed by atoms with Crippen molar-refractivity contribution in [1.29, 1.82) is 0 Å². The summed E-state index contributed by atoms with van der Waals surface area (Å²) < 4.78 is 5.37. The number of amides is 2. The number of nitrogens with one attached hydrogen (secondary N) is 2. The Kier molecular flexibility index (Phi) is 7.76. The van der Waals surface area contributed by atoms with E-state index in [4.69, 9.17) is 4.74 Å². The van der Waals surface area contributed by atoms with Crippen molar-refractivity contribution in [2.75, 3.05) is 39.1 Å². The van der Waals surface area contributed by atoms with Crippen molar-refractivity contribution >= 4 is 17.5 Å². The van der Waals surface area contributed by atoms with Gasteiger partial charge in [-0.3, -0.25) is 9.59 Å². The van der Waals surface area contributed by atoms with Crippen LogP contribution >= 0.6 is 0 Å². The van der Waals surface area contributed by atoms with Gasteiger partial charge in [0.05, 0.1) is 6.61 Å². The SMILES string of the molecule is CCOc1ccc(NC(=O)c2cccc(C(=O)NCCCN(C)C)n2)cc1. The van der Waals surface area contributed by atoms with Gasteiger partial charge in [-0.25, -0.2) is 4.98 Å². The number of ether oxygens (including phenoxy) is 1. The molecule has 1 aromatic heterocycles. The summed E-state index contributed by atoms with van der Waals surface area (Å²) in [6, 6.07) is 11.9. The van der Waals surface area contributed by atoms with Crippen molar-refractivity contribution in [3.05, 3.63) is 53.9 Å². The van der Waals surface area contributed by atoms with Crippen LogP contribution in [0.4, 0.5) is 5.69 Å². The van der Waals surface area contributed by atoms with Gasteiger partial charge in [0, 0.05) is 12.2 Å². The quantitative estimate of drug-likeness (QED) is 0.663. The molecule has 0 aliphatic carbocycles. The summed E-state index contributed by atoms with van der Waals surface area (Å²) in [5, 5.41) is 5.58. The monoisotopic (exact) mass is 370 g/mol. The Bertz CT molecular complexity index is 760. The van der Waals surface area contributed by atoms with Crippen molar-refractivity contribution in [1.82, 2.24) is 15.2 Å². The minimum atomic E-state index is -0.374. The second kappa shape index (κ2) is 10.3.